The number of nitrogens with zero attached hydrogens (tertiary/aromatic N) is 4. The molecule has 0 saturated carbocycles. The van der Waals surface area contributed by atoms with Crippen LogP contribution in [0.25, 0.3) is 21.6 Å². The molecule has 4 aromatic rings. The van der Waals surface area contributed by atoms with Crippen molar-refractivity contribution in [1.82, 2.24) is 20.0 Å². The van der Waals surface area contributed by atoms with Gasteiger partial charge in [-0.15, -0.1) is 11.3 Å². The van der Waals surface area contributed by atoms with Gasteiger partial charge in [-0.1, -0.05) is 29.4 Å². The topological polar surface area (TPSA) is 64.3 Å². The quantitative estimate of drug-likeness (QED) is 0.402. The normalized spacial score (nSPS) is 15.7. The van der Waals surface area contributed by atoms with E-state index in [-0.39, 0.29) is 11.6 Å². The lowest BCUT2D eigenvalue weighted by Gasteiger charge is -2.29. The first kappa shape index (κ1) is 20.0. The van der Waals surface area contributed by atoms with Gasteiger partial charge in [-0.2, -0.15) is 13.8 Å². The van der Waals surface area contributed by atoms with E-state index in [0.717, 1.165) is 31.4 Å². The zero-order valence-electron chi connectivity index (χ0n) is 16.6. The summed E-state index contributed by atoms with van der Waals surface area (Å²) in [4.78, 5) is 11.5. The molecule has 1 fully saturated rings. The number of para-hydroxylation sites is 2. The summed E-state index contributed by atoms with van der Waals surface area (Å²) in [6.45, 7) is -0.575. The highest BCUT2D eigenvalue weighted by atomic mass is 32.1. The molecule has 2 aromatic carbocycles. The molecule has 0 N–H and O–H groups in total. The second kappa shape index (κ2) is 8.68. The third-order valence-electron chi connectivity index (χ3n) is 5.42. The van der Waals surface area contributed by atoms with E-state index >= 15 is 0 Å². The van der Waals surface area contributed by atoms with Gasteiger partial charge in [0.05, 0.1) is 27.3 Å². The van der Waals surface area contributed by atoms with Crippen molar-refractivity contribution < 1.29 is 18.0 Å². The molecular weight excluding hydrogens is 422 g/mol. The molecule has 0 atom stereocenters. The number of hydrogen-bond acceptors (Lipinski definition) is 7. The van der Waals surface area contributed by atoms with Crippen LogP contribution in [0.4, 0.5) is 8.78 Å². The summed E-state index contributed by atoms with van der Waals surface area (Å²) in [5.74, 6) is 1.20. The number of halogens is 2. The van der Waals surface area contributed by atoms with Gasteiger partial charge in [0, 0.05) is 5.92 Å². The summed E-state index contributed by atoms with van der Waals surface area (Å²) in [6, 6.07) is 14.7. The number of fused-ring (bicyclic) bond motifs is 1. The number of piperidine rings is 1. The average Bonchev–Trinajstić information content (AvgIpc) is 3.41. The number of likely N-dealkylation sites (tertiary alicyclic amines) is 1. The molecule has 0 aliphatic carbocycles. The lowest BCUT2D eigenvalue weighted by Crippen LogP contribution is -2.32. The van der Waals surface area contributed by atoms with Gasteiger partial charge in [0.15, 0.2) is 0 Å². The molecule has 0 amide bonds. The maximum Gasteiger partial charge on any atom is 0.387 e. The van der Waals surface area contributed by atoms with Crippen LogP contribution in [0.5, 0.6) is 5.75 Å². The van der Waals surface area contributed by atoms with Crippen molar-refractivity contribution >= 4 is 21.6 Å². The number of ether oxygens (including phenoxy) is 1. The fourth-order valence-corrected chi connectivity index (χ4v) is 5.01. The van der Waals surface area contributed by atoms with Crippen LogP contribution in [0.15, 0.2) is 53.1 Å². The molecule has 31 heavy (non-hydrogen) atoms. The van der Waals surface area contributed by atoms with Gasteiger partial charge in [0.25, 0.3) is 0 Å². The van der Waals surface area contributed by atoms with Crippen LogP contribution in [0.2, 0.25) is 0 Å². The number of rotatable bonds is 6. The minimum Gasteiger partial charge on any atom is -0.434 e. The number of thiazole rings is 1. The zero-order chi connectivity index (χ0) is 21.2. The second-order valence-electron chi connectivity index (χ2n) is 7.46. The first-order chi connectivity index (χ1) is 15.2. The van der Waals surface area contributed by atoms with Gasteiger partial charge >= 0.3 is 6.61 Å². The van der Waals surface area contributed by atoms with E-state index in [9.17, 15) is 8.78 Å². The van der Waals surface area contributed by atoms with Gasteiger partial charge in [0.2, 0.25) is 11.7 Å². The van der Waals surface area contributed by atoms with Crippen LogP contribution >= 0.6 is 11.3 Å². The van der Waals surface area contributed by atoms with Crippen LogP contribution in [-0.2, 0) is 6.54 Å². The molecule has 0 radical (unpaired) electrons. The number of benzene rings is 2. The maximum absolute atomic E-state index is 12.6. The van der Waals surface area contributed by atoms with E-state index in [1.165, 1.54) is 15.8 Å². The Morgan fingerprint density at radius 2 is 1.84 bits per heavy atom. The second-order valence-corrected chi connectivity index (χ2v) is 8.52. The van der Waals surface area contributed by atoms with Crippen LogP contribution in [0.3, 0.4) is 0 Å². The number of alkyl halides is 2. The van der Waals surface area contributed by atoms with Crippen molar-refractivity contribution in [1.29, 1.82) is 0 Å². The van der Waals surface area contributed by atoms with Gasteiger partial charge in [-0.05, 0) is 50.2 Å². The Labute approximate surface area is 181 Å². The summed E-state index contributed by atoms with van der Waals surface area (Å²) in [7, 11) is 0. The Morgan fingerprint density at radius 3 is 2.65 bits per heavy atom. The highest BCUT2D eigenvalue weighted by molar-refractivity contribution is 7.18. The average molecular weight is 442 g/mol. The van der Waals surface area contributed by atoms with Crippen molar-refractivity contribution in [3.63, 3.8) is 0 Å². The first-order valence-electron chi connectivity index (χ1n) is 10.1. The SMILES string of the molecule is FC(F)Oc1ccccc1-c1noc(CN2CCC(c3nc4ccccc4s3)CC2)n1. The van der Waals surface area contributed by atoms with Gasteiger partial charge < -0.3 is 9.26 Å². The summed E-state index contributed by atoms with van der Waals surface area (Å²) in [5, 5.41) is 5.17. The fourth-order valence-electron chi connectivity index (χ4n) is 3.87. The van der Waals surface area contributed by atoms with E-state index in [1.54, 1.807) is 29.5 Å². The summed E-state index contributed by atoms with van der Waals surface area (Å²) < 4.78 is 36.5. The predicted molar refractivity (Wildman–Crippen MR) is 113 cm³/mol. The molecule has 0 unspecified atom stereocenters. The van der Waals surface area contributed by atoms with Crippen LogP contribution in [-0.4, -0.2) is 39.7 Å². The Balaban J connectivity index is 1.22. The van der Waals surface area contributed by atoms with E-state index in [0.29, 0.717) is 23.9 Å². The Bertz CT molecular complexity index is 1140. The molecule has 0 spiro atoms. The highest BCUT2D eigenvalue weighted by Crippen LogP contribution is 2.34. The maximum atomic E-state index is 12.6. The molecule has 9 heteroatoms. The summed E-state index contributed by atoms with van der Waals surface area (Å²) >= 11 is 1.78. The third kappa shape index (κ3) is 4.42. The molecule has 160 valence electrons. The number of hydrogen-bond donors (Lipinski definition) is 0. The minimum atomic E-state index is -2.91. The molecule has 3 heterocycles. The Morgan fingerprint density at radius 1 is 1.06 bits per heavy atom. The lowest BCUT2D eigenvalue weighted by molar-refractivity contribution is -0.0494. The molecule has 0 bridgehead atoms. The molecule has 2 aromatic heterocycles. The largest absolute Gasteiger partial charge is 0.434 e. The fraction of sp³-hybridized carbons (Fsp3) is 0.318. The van der Waals surface area contributed by atoms with Crippen molar-refractivity contribution in [3.05, 3.63) is 59.4 Å². The molecule has 5 rings (SSSR count). The minimum absolute atomic E-state index is 0.0292. The first-order valence-corrected chi connectivity index (χ1v) is 10.9. The van der Waals surface area contributed by atoms with Crippen LogP contribution < -0.4 is 4.74 Å². The van der Waals surface area contributed by atoms with E-state index < -0.39 is 6.61 Å². The standard InChI is InChI=1S/C22H20F2N4O2S/c23-22(24)29-17-7-3-1-5-15(17)20-26-19(30-27-20)13-28-11-9-14(10-12-28)21-25-16-6-2-4-8-18(16)31-21/h1-8,14,22H,9-13H2. The molecule has 1 saturated heterocycles. The van der Waals surface area contributed by atoms with Crippen molar-refractivity contribution in [3.8, 4) is 17.1 Å². The number of aromatic nitrogens is 3. The smallest absolute Gasteiger partial charge is 0.387 e. The summed E-state index contributed by atoms with van der Waals surface area (Å²) in [6.07, 6.45) is 2.04. The van der Waals surface area contributed by atoms with E-state index in [2.05, 4.69) is 31.9 Å². The van der Waals surface area contributed by atoms with E-state index in [1.807, 2.05) is 12.1 Å². The molecular formula is C22H20F2N4O2S. The monoisotopic (exact) mass is 442 g/mol. The van der Waals surface area contributed by atoms with Crippen molar-refractivity contribution in [2.24, 2.45) is 0 Å². The van der Waals surface area contributed by atoms with Crippen molar-refractivity contribution in [2.45, 2.75) is 31.9 Å². The molecule has 6 nitrogen and oxygen atoms in total. The Hall–Kier alpha value is -2.91. The van der Waals surface area contributed by atoms with Gasteiger partial charge in [-0.25, -0.2) is 4.98 Å². The molecule has 1 aliphatic heterocycles. The zero-order valence-corrected chi connectivity index (χ0v) is 17.4. The van der Waals surface area contributed by atoms with E-state index in [4.69, 9.17) is 9.51 Å². The lowest BCUT2D eigenvalue weighted by atomic mass is 9.97. The Kier molecular flexibility index (Phi) is 5.61. The predicted octanol–water partition coefficient (Wildman–Crippen LogP) is 5.33. The molecule has 1 aliphatic rings. The van der Waals surface area contributed by atoms with Gasteiger partial charge in [0.1, 0.15) is 5.75 Å². The van der Waals surface area contributed by atoms with Gasteiger partial charge in [-0.3, -0.25) is 4.90 Å². The van der Waals surface area contributed by atoms with Crippen LogP contribution in [0, 0.1) is 0 Å². The van der Waals surface area contributed by atoms with Crippen molar-refractivity contribution in [2.75, 3.05) is 13.1 Å². The van der Waals surface area contributed by atoms with Crippen LogP contribution in [0.1, 0.15) is 29.7 Å². The highest BCUT2D eigenvalue weighted by Gasteiger charge is 2.25. The summed E-state index contributed by atoms with van der Waals surface area (Å²) in [5.41, 5.74) is 1.45. The third-order valence-corrected chi connectivity index (χ3v) is 6.62.